The molecule has 3 nitrogen and oxygen atoms in total. The second kappa shape index (κ2) is 7.10. The van der Waals surface area contributed by atoms with Gasteiger partial charge in [-0.25, -0.2) is 13.8 Å². The van der Waals surface area contributed by atoms with Crippen molar-refractivity contribution in [2.75, 3.05) is 0 Å². The van der Waals surface area contributed by atoms with E-state index in [9.17, 15) is 22.0 Å². The smallest absolute Gasteiger partial charge is 0.403 e. The molecule has 2 rings (SSSR count). The monoisotopic (exact) mass is 375 g/mol. The van der Waals surface area contributed by atoms with E-state index in [1.807, 2.05) is 0 Å². The Hall–Kier alpha value is -2.61. The number of nitrogens with two attached hydrogens (primary N) is 2. The van der Waals surface area contributed by atoms with Gasteiger partial charge in [0.2, 0.25) is 0 Å². The van der Waals surface area contributed by atoms with Crippen molar-refractivity contribution in [1.29, 1.82) is 0 Å². The molecule has 0 spiro atoms. The van der Waals surface area contributed by atoms with Gasteiger partial charge in [-0.3, -0.25) is 0 Å². The minimum absolute atomic E-state index is 0.194. The third-order valence-electron chi connectivity index (χ3n) is 3.13. The predicted molar refractivity (Wildman–Crippen MR) is 86.4 cm³/mol. The molecule has 0 amide bonds. The van der Waals surface area contributed by atoms with E-state index in [1.54, 1.807) is 0 Å². The van der Waals surface area contributed by atoms with E-state index in [2.05, 4.69) is 4.99 Å². The quantitative estimate of drug-likeness (QED) is 0.604. The molecule has 0 heterocycles. The lowest BCUT2D eigenvalue weighted by atomic mass is 10.0. The average molecular weight is 376 g/mol. The van der Waals surface area contributed by atoms with Gasteiger partial charge in [-0.05, 0) is 23.8 Å². The van der Waals surface area contributed by atoms with Gasteiger partial charge in [-0.15, -0.1) is 0 Å². The van der Waals surface area contributed by atoms with Gasteiger partial charge >= 0.3 is 6.18 Å². The number of aliphatic imine (C=N–C) groups is 1. The molecule has 4 N–H and O–H groups in total. The van der Waals surface area contributed by atoms with E-state index in [1.165, 1.54) is 24.3 Å². The van der Waals surface area contributed by atoms with Crippen LogP contribution in [0.15, 0.2) is 53.3 Å². The summed E-state index contributed by atoms with van der Waals surface area (Å²) in [6.45, 7) is 0. The van der Waals surface area contributed by atoms with Crippen LogP contribution in [0.4, 0.5) is 27.6 Å². The van der Waals surface area contributed by atoms with Crippen molar-refractivity contribution >= 4 is 23.0 Å². The lowest BCUT2D eigenvalue weighted by molar-refractivity contribution is -0.0582. The zero-order valence-corrected chi connectivity index (χ0v) is 13.2. The van der Waals surface area contributed by atoms with Crippen LogP contribution >= 0.6 is 11.6 Å². The van der Waals surface area contributed by atoms with E-state index in [-0.39, 0.29) is 11.1 Å². The minimum Gasteiger partial charge on any atom is -0.403 e. The standard InChI is InChI=1S/C16H11ClF5N3/c17-9-3-1-8(2-4-9)11-5-10(18)6-12(19)14(11)25-15(13(24)7-23)16(20,21)22/h1-7H,23-24H2. The van der Waals surface area contributed by atoms with Gasteiger partial charge in [0, 0.05) is 22.9 Å². The molecule has 0 aliphatic heterocycles. The van der Waals surface area contributed by atoms with Crippen LogP contribution in [-0.2, 0) is 0 Å². The van der Waals surface area contributed by atoms with Crippen LogP contribution in [0.1, 0.15) is 0 Å². The van der Waals surface area contributed by atoms with Gasteiger partial charge in [0.15, 0.2) is 11.5 Å². The van der Waals surface area contributed by atoms with Crippen LogP contribution in [0.25, 0.3) is 11.1 Å². The molecule has 132 valence electrons. The Morgan fingerprint density at radius 1 is 1.08 bits per heavy atom. The van der Waals surface area contributed by atoms with Crippen molar-refractivity contribution in [1.82, 2.24) is 0 Å². The van der Waals surface area contributed by atoms with Gasteiger partial charge in [0.25, 0.3) is 0 Å². The largest absolute Gasteiger partial charge is 0.435 e. The number of hydrogen-bond acceptors (Lipinski definition) is 3. The number of benzene rings is 2. The number of rotatable bonds is 3. The highest BCUT2D eigenvalue weighted by Crippen LogP contribution is 2.36. The van der Waals surface area contributed by atoms with Crippen LogP contribution in [-0.4, -0.2) is 11.9 Å². The van der Waals surface area contributed by atoms with Crippen molar-refractivity contribution in [3.8, 4) is 11.1 Å². The Balaban J connectivity index is 2.76. The Morgan fingerprint density at radius 3 is 2.20 bits per heavy atom. The van der Waals surface area contributed by atoms with Gasteiger partial charge in [0.05, 0.1) is 5.70 Å². The van der Waals surface area contributed by atoms with Crippen molar-refractivity contribution in [3.63, 3.8) is 0 Å². The summed E-state index contributed by atoms with van der Waals surface area (Å²) < 4.78 is 67.1. The average Bonchev–Trinajstić information content (AvgIpc) is 2.52. The highest BCUT2D eigenvalue weighted by atomic mass is 35.5. The maximum atomic E-state index is 14.2. The summed E-state index contributed by atoms with van der Waals surface area (Å²) in [5.74, 6) is -2.26. The summed E-state index contributed by atoms with van der Waals surface area (Å²) in [5, 5.41) is 0.344. The molecule has 0 fully saturated rings. The molecule has 2 aromatic carbocycles. The van der Waals surface area contributed by atoms with E-state index in [4.69, 9.17) is 23.1 Å². The summed E-state index contributed by atoms with van der Waals surface area (Å²) in [4.78, 5) is 3.28. The molecule has 0 saturated carbocycles. The number of alkyl halides is 3. The first kappa shape index (κ1) is 18.7. The van der Waals surface area contributed by atoms with Gasteiger partial charge in [-0.1, -0.05) is 23.7 Å². The first-order valence-electron chi connectivity index (χ1n) is 6.72. The van der Waals surface area contributed by atoms with Crippen molar-refractivity contribution in [2.24, 2.45) is 16.5 Å². The fraction of sp³-hybridized carbons (Fsp3) is 0.0625. The Morgan fingerprint density at radius 2 is 1.68 bits per heavy atom. The SMILES string of the molecule is NC=C(N)C(=Nc1c(F)cc(F)cc1-c1ccc(Cl)cc1)C(F)(F)F. The molecule has 0 atom stereocenters. The summed E-state index contributed by atoms with van der Waals surface area (Å²) in [6.07, 6.45) is -4.49. The van der Waals surface area contributed by atoms with Crippen LogP contribution in [0, 0.1) is 11.6 Å². The second-order valence-electron chi connectivity index (χ2n) is 4.87. The molecule has 25 heavy (non-hydrogen) atoms. The Kier molecular flexibility index (Phi) is 5.32. The van der Waals surface area contributed by atoms with Crippen LogP contribution in [0.5, 0.6) is 0 Å². The molecule has 0 aliphatic carbocycles. The lowest BCUT2D eigenvalue weighted by Gasteiger charge is -2.13. The molecule has 0 bridgehead atoms. The maximum Gasteiger partial charge on any atom is 0.435 e. The zero-order chi connectivity index (χ0) is 18.8. The maximum absolute atomic E-state index is 14.2. The molecule has 0 aromatic heterocycles. The fourth-order valence-corrected chi connectivity index (χ4v) is 2.14. The third kappa shape index (κ3) is 4.27. The molecule has 0 saturated heterocycles. The van der Waals surface area contributed by atoms with Crippen LogP contribution in [0.3, 0.4) is 0 Å². The van der Waals surface area contributed by atoms with E-state index in [0.717, 1.165) is 6.07 Å². The molecular weight excluding hydrogens is 365 g/mol. The normalized spacial score (nSPS) is 13.2. The molecular formula is C16H11ClF5N3. The molecule has 2 aromatic rings. The van der Waals surface area contributed by atoms with E-state index >= 15 is 0 Å². The minimum atomic E-state index is -4.99. The van der Waals surface area contributed by atoms with Crippen molar-refractivity contribution in [2.45, 2.75) is 6.18 Å². The third-order valence-corrected chi connectivity index (χ3v) is 3.38. The number of allylic oxidation sites excluding steroid dienone is 1. The highest BCUT2D eigenvalue weighted by molar-refractivity contribution is 6.30. The van der Waals surface area contributed by atoms with Gasteiger partial charge in [0.1, 0.15) is 11.5 Å². The van der Waals surface area contributed by atoms with Crippen LogP contribution < -0.4 is 11.5 Å². The zero-order valence-electron chi connectivity index (χ0n) is 12.4. The van der Waals surface area contributed by atoms with Gasteiger partial charge < -0.3 is 11.5 Å². The highest BCUT2D eigenvalue weighted by Gasteiger charge is 2.38. The Labute approximate surface area is 144 Å². The van der Waals surface area contributed by atoms with Gasteiger partial charge in [-0.2, -0.15) is 13.2 Å². The van der Waals surface area contributed by atoms with E-state index in [0.29, 0.717) is 17.3 Å². The number of halogens is 6. The number of nitrogens with zero attached hydrogens (tertiary/aromatic N) is 1. The summed E-state index contributed by atoms with van der Waals surface area (Å²) in [6, 6.07) is 6.92. The number of hydrogen-bond donors (Lipinski definition) is 2. The topological polar surface area (TPSA) is 64.4 Å². The lowest BCUT2D eigenvalue weighted by Crippen LogP contribution is -2.29. The van der Waals surface area contributed by atoms with Crippen molar-refractivity contribution in [3.05, 3.63) is 65.0 Å². The molecule has 0 aliphatic rings. The molecule has 0 radical (unpaired) electrons. The van der Waals surface area contributed by atoms with Crippen molar-refractivity contribution < 1.29 is 22.0 Å². The van der Waals surface area contributed by atoms with Crippen LogP contribution in [0.2, 0.25) is 5.02 Å². The summed E-state index contributed by atoms with van der Waals surface area (Å²) >= 11 is 5.74. The van der Waals surface area contributed by atoms with E-state index < -0.39 is 34.9 Å². The molecule has 0 unspecified atom stereocenters. The first-order chi connectivity index (χ1) is 11.6. The Bertz CT molecular complexity index is 842. The second-order valence-corrected chi connectivity index (χ2v) is 5.31. The first-order valence-corrected chi connectivity index (χ1v) is 7.10. The fourth-order valence-electron chi connectivity index (χ4n) is 2.01. The summed E-state index contributed by atoms with van der Waals surface area (Å²) in [7, 11) is 0. The molecule has 9 heteroatoms. The predicted octanol–water partition coefficient (Wildman–Crippen LogP) is 4.68. The summed E-state index contributed by atoms with van der Waals surface area (Å²) in [5.41, 5.74) is 7.05.